The largest absolute Gasteiger partial charge is 0.395 e. The molecule has 25 heavy (non-hydrogen) atoms. The Morgan fingerprint density at radius 3 is 1.72 bits per heavy atom. The first-order chi connectivity index (χ1) is 12.3. The highest BCUT2D eigenvalue weighted by Crippen LogP contribution is 2.07. The lowest BCUT2D eigenvalue weighted by atomic mass is 10.1. The molecule has 6 heteroatoms. The number of hydrogen-bond acceptors (Lipinski definition) is 6. The van der Waals surface area contributed by atoms with Crippen molar-refractivity contribution < 1.29 is 24.4 Å². The zero-order chi connectivity index (χ0) is 18.4. The molecule has 0 aliphatic carbocycles. The molecular formula is C19H41NO5. The first kappa shape index (κ1) is 24.8. The number of aliphatic hydroxyl groups is 2. The molecule has 0 aromatic rings. The SMILES string of the molecule is CCCCCCCCCN(CCO)CCOCCOCCOCCO. The van der Waals surface area contributed by atoms with Gasteiger partial charge in [-0.3, -0.25) is 4.90 Å². The topological polar surface area (TPSA) is 71.4 Å². The summed E-state index contributed by atoms with van der Waals surface area (Å²) in [6, 6.07) is 0. The molecule has 0 saturated heterocycles. The van der Waals surface area contributed by atoms with E-state index >= 15 is 0 Å². The van der Waals surface area contributed by atoms with Crippen LogP contribution in [0.15, 0.2) is 0 Å². The fraction of sp³-hybridized carbons (Fsp3) is 1.00. The van der Waals surface area contributed by atoms with Crippen LogP contribution in [0.5, 0.6) is 0 Å². The Kier molecular flexibility index (Phi) is 21.6. The molecule has 0 amide bonds. The molecule has 0 aliphatic heterocycles. The summed E-state index contributed by atoms with van der Waals surface area (Å²) in [6.45, 7) is 8.30. The fourth-order valence-corrected chi connectivity index (χ4v) is 2.57. The minimum absolute atomic E-state index is 0.0479. The Hall–Kier alpha value is -0.240. The molecule has 0 heterocycles. The van der Waals surface area contributed by atoms with Crippen LogP contribution in [-0.4, -0.2) is 87.6 Å². The molecule has 152 valence electrons. The number of unbranched alkanes of at least 4 members (excludes halogenated alkanes) is 6. The van der Waals surface area contributed by atoms with E-state index in [1.165, 1.54) is 44.9 Å². The van der Waals surface area contributed by atoms with Crippen molar-refractivity contribution in [2.45, 2.75) is 51.9 Å². The van der Waals surface area contributed by atoms with Crippen LogP contribution < -0.4 is 0 Å². The van der Waals surface area contributed by atoms with Crippen LogP contribution in [0.4, 0.5) is 0 Å². The molecule has 0 saturated carbocycles. The van der Waals surface area contributed by atoms with E-state index in [0.717, 1.165) is 19.6 Å². The molecule has 2 N–H and O–H groups in total. The van der Waals surface area contributed by atoms with Crippen molar-refractivity contribution in [2.24, 2.45) is 0 Å². The van der Waals surface area contributed by atoms with Crippen molar-refractivity contribution in [3.05, 3.63) is 0 Å². The second-order valence-electron chi connectivity index (χ2n) is 6.25. The van der Waals surface area contributed by atoms with E-state index in [9.17, 15) is 0 Å². The van der Waals surface area contributed by atoms with Gasteiger partial charge >= 0.3 is 0 Å². The van der Waals surface area contributed by atoms with Crippen molar-refractivity contribution in [3.63, 3.8) is 0 Å². The van der Waals surface area contributed by atoms with Crippen LogP contribution in [0.3, 0.4) is 0 Å². The molecule has 0 spiro atoms. The molecule has 0 rings (SSSR count). The Balaban J connectivity index is 3.41. The van der Waals surface area contributed by atoms with Gasteiger partial charge in [0.05, 0.1) is 52.9 Å². The smallest absolute Gasteiger partial charge is 0.0701 e. The van der Waals surface area contributed by atoms with Crippen molar-refractivity contribution in [2.75, 3.05) is 72.5 Å². The van der Waals surface area contributed by atoms with Crippen LogP contribution in [0.1, 0.15) is 51.9 Å². The fourth-order valence-electron chi connectivity index (χ4n) is 2.57. The predicted octanol–water partition coefficient (Wildman–Crippen LogP) is 2.07. The molecule has 0 fully saturated rings. The summed E-state index contributed by atoms with van der Waals surface area (Å²) in [5, 5.41) is 17.7. The highest BCUT2D eigenvalue weighted by atomic mass is 16.5. The first-order valence-electron chi connectivity index (χ1n) is 10.0. The lowest BCUT2D eigenvalue weighted by Gasteiger charge is -2.21. The third-order valence-corrected chi connectivity index (χ3v) is 4.03. The molecule has 0 radical (unpaired) electrons. The zero-order valence-corrected chi connectivity index (χ0v) is 16.3. The first-order valence-corrected chi connectivity index (χ1v) is 10.0. The van der Waals surface area contributed by atoms with E-state index in [4.69, 9.17) is 24.4 Å². The number of nitrogens with zero attached hydrogens (tertiary/aromatic N) is 1. The van der Waals surface area contributed by atoms with Crippen LogP contribution in [0.25, 0.3) is 0 Å². The second kappa shape index (κ2) is 21.8. The molecule has 0 aliphatic rings. The highest BCUT2D eigenvalue weighted by Gasteiger charge is 2.04. The van der Waals surface area contributed by atoms with Gasteiger partial charge < -0.3 is 24.4 Å². The van der Waals surface area contributed by atoms with Crippen molar-refractivity contribution in [1.82, 2.24) is 4.90 Å². The summed E-state index contributed by atoms with van der Waals surface area (Å²) in [5.41, 5.74) is 0. The standard InChI is InChI=1S/C19H41NO5/c1-2-3-4-5-6-7-8-9-20(10-12-21)11-14-23-16-18-25-19-17-24-15-13-22/h21-22H,2-19H2,1H3. The minimum atomic E-state index is 0.0479. The number of hydrogen-bond donors (Lipinski definition) is 2. The number of aliphatic hydroxyl groups excluding tert-OH is 2. The molecule has 0 unspecified atom stereocenters. The van der Waals surface area contributed by atoms with Crippen LogP contribution in [0, 0.1) is 0 Å². The zero-order valence-electron chi connectivity index (χ0n) is 16.3. The van der Waals surface area contributed by atoms with Crippen molar-refractivity contribution in [1.29, 1.82) is 0 Å². The van der Waals surface area contributed by atoms with E-state index in [1.807, 2.05) is 0 Å². The Morgan fingerprint density at radius 2 is 1.12 bits per heavy atom. The molecule has 0 bridgehead atoms. The molecule has 0 aromatic heterocycles. The highest BCUT2D eigenvalue weighted by molar-refractivity contribution is 4.57. The molecule has 0 aromatic carbocycles. The lowest BCUT2D eigenvalue weighted by molar-refractivity contribution is 0.00405. The second-order valence-corrected chi connectivity index (χ2v) is 6.25. The van der Waals surface area contributed by atoms with Gasteiger partial charge in [-0.25, -0.2) is 0 Å². The van der Waals surface area contributed by atoms with Gasteiger partial charge in [0.2, 0.25) is 0 Å². The summed E-state index contributed by atoms with van der Waals surface area (Å²) >= 11 is 0. The van der Waals surface area contributed by atoms with Gasteiger partial charge in [0.15, 0.2) is 0 Å². The Labute approximate surface area is 154 Å². The van der Waals surface area contributed by atoms with Gasteiger partial charge in [-0.15, -0.1) is 0 Å². The van der Waals surface area contributed by atoms with Gasteiger partial charge in [-0.1, -0.05) is 45.4 Å². The predicted molar refractivity (Wildman–Crippen MR) is 101 cm³/mol. The summed E-state index contributed by atoms with van der Waals surface area (Å²) in [5.74, 6) is 0. The van der Waals surface area contributed by atoms with Gasteiger partial charge in [-0.05, 0) is 13.0 Å². The summed E-state index contributed by atoms with van der Waals surface area (Å²) in [4.78, 5) is 2.27. The third kappa shape index (κ3) is 19.9. The number of ether oxygens (including phenoxy) is 3. The molecular weight excluding hydrogens is 322 g/mol. The summed E-state index contributed by atoms with van der Waals surface area (Å²) in [7, 11) is 0. The maximum Gasteiger partial charge on any atom is 0.0701 e. The van der Waals surface area contributed by atoms with E-state index in [2.05, 4.69) is 11.8 Å². The maximum atomic E-state index is 9.17. The molecule has 0 atom stereocenters. The van der Waals surface area contributed by atoms with Crippen molar-refractivity contribution in [3.8, 4) is 0 Å². The minimum Gasteiger partial charge on any atom is -0.395 e. The Morgan fingerprint density at radius 1 is 0.560 bits per heavy atom. The van der Waals surface area contributed by atoms with Crippen molar-refractivity contribution >= 4 is 0 Å². The van der Waals surface area contributed by atoms with Gasteiger partial charge in [-0.2, -0.15) is 0 Å². The average molecular weight is 364 g/mol. The third-order valence-electron chi connectivity index (χ3n) is 4.03. The van der Waals surface area contributed by atoms with E-state index in [-0.39, 0.29) is 13.2 Å². The maximum absolute atomic E-state index is 9.17. The normalized spacial score (nSPS) is 11.5. The Bertz CT molecular complexity index is 244. The lowest BCUT2D eigenvalue weighted by Crippen LogP contribution is -2.31. The van der Waals surface area contributed by atoms with E-state index < -0.39 is 0 Å². The summed E-state index contributed by atoms with van der Waals surface area (Å²) in [6.07, 6.45) is 9.16. The van der Waals surface area contributed by atoms with Crippen LogP contribution in [0.2, 0.25) is 0 Å². The van der Waals surface area contributed by atoms with E-state index in [0.29, 0.717) is 39.6 Å². The quantitative estimate of drug-likeness (QED) is 0.304. The van der Waals surface area contributed by atoms with Crippen LogP contribution in [-0.2, 0) is 14.2 Å². The monoisotopic (exact) mass is 363 g/mol. The summed E-state index contributed by atoms with van der Waals surface area (Å²) < 4.78 is 16.0. The van der Waals surface area contributed by atoms with Gasteiger partial charge in [0, 0.05) is 13.1 Å². The average Bonchev–Trinajstić information content (AvgIpc) is 2.62. The van der Waals surface area contributed by atoms with Crippen LogP contribution >= 0.6 is 0 Å². The van der Waals surface area contributed by atoms with E-state index in [1.54, 1.807) is 0 Å². The van der Waals surface area contributed by atoms with Gasteiger partial charge in [0.1, 0.15) is 0 Å². The molecule has 6 nitrogen and oxygen atoms in total. The van der Waals surface area contributed by atoms with Gasteiger partial charge in [0.25, 0.3) is 0 Å². The number of rotatable bonds is 21.